The Hall–Kier alpha value is -2.43. The van der Waals surface area contributed by atoms with Crippen molar-refractivity contribution in [3.8, 4) is 0 Å². The molecule has 0 radical (unpaired) electrons. The highest BCUT2D eigenvalue weighted by Gasteiger charge is 2.36. The van der Waals surface area contributed by atoms with Crippen molar-refractivity contribution in [1.82, 2.24) is 23.9 Å². The van der Waals surface area contributed by atoms with Gasteiger partial charge in [0.05, 0.1) is 17.3 Å². The summed E-state index contributed by atoms with van der Waals surface area (Å²) in [6, 6.07) is 5.42. The van der Waals surface area contributed by atoms with E-state index in [1.807, 2.05) is 0 Å². The Kier molecular flexibility index (Phi) is 6.79. The fourth-order valence-corrected chi connectivity index (χ4v) is 4.70. The molecule has 0 saturated carbocycles. The molecule has 0 spiro atoms. The van der Waals surface area contributed by atoms with E-state index in [9.17, 15) is 17.6 Å². The number of piperidine rings is 1. The molecule has 1 atom stereocenters. The number of nitrogens with zero attached hydrogens (tertiary/aromatic N) is 4. The van der Waals surface area contributed by atoms with Crippen LogP contribution in [0.1, 0.15) is 52.7 Å². The summed E-state index contributed by atoms with van der Waals surface area (Å²) in [4.78, 5) is 21.3. The van der Waals surface area contributed by atoms with E-state index >= 15 is 0 Å². The first-order valence-electron chi connectivity index (χ1n) is 9.75. The summed E-state index contributed by atoms with van der Waals surface area (Å²) in [6.45, 7) is 2.36. The van der Waals surface area contributed by atoms with Crippen molar-refractivity contribution in [2.45, 2.75) is 38.8 Å². The molecule has 3 rings (SSSR count). The van der Waals surface area contributed by atoms with Crippen molar-refractivity contribution in [2.75, 3.05) is 20.6 Å². The fraction of sp³-hybridized carbons (Fsp3) is 0.450. The van der Waals surface area contributed by atoms with Crippen LogP contribution in [0.3, 0.4) is 0 Å². The number of carbonyl (C=O) groups is 1. The third-order valence-electron chi connectivity index (χ3n) is 5.12. The number of aromatic nitrogens is 2. The van der Waals surface area contributed by atoms with Gasteiger partial charge in [-0.3, -0.25) is 4.79 Å². The van der Waals surface area contributed by atoms with Crippen LogP contribution in [-0.2, 0) is 16.8 Å². The van der Waals surface area contributed by atoms with Crippen molar-refractivity contribution >= 4 is 16.1 Å². The Labute approximate surface area is 176 Å². The molecule has 1 saturated heterocycles. The molecule has 1 aromatic heterocycles. The van der Waals surface area contributed by atoms with E-state index in [2.05, 4.69) is 15.3 Å². The average molecular weight is 436 g/mol. The quantitative estimate of drug-likeness (QED) is 0.750. The largest absolute Gasteiger partial charge is 0.348 e. The molecule has 1 aromatic carbocycles. The molecule has 0 unspecified atom stereocenters. The van der Waals surface area contributed by atoms with Gasteiger partial charge in [-0.2, -0.15) is 17.0 Å². The Balaban J connectivity index is 1.76. The van der Waals surface area contributed by atoms with Crippen molar-refractivity contribution in [3.05, 3.63) is 58.9 Å². The molecule has 0 bridgehead atoms. The predicted octanol–water partition coefficient (Wildman–Crippen LogP) is 2.19. The third-order valence-corrected chi connectivity index (χ3v) is 7.07. The second kappa shape index (κ2) is 9.15. The zero-order chi connectivity index (χ0) is 21.9. The zero-order valence-corrected chi connectivity index (χ0v) is 18.1. The van der Waals surface area contributed by atoms with Crippen LogP contribution in [0.2, 0.25) is 0 Å². The topological polar surface area (TPSA) is 95.5 Å². The fourth-order valence-electron chi connectivity index (χ4n) is 3.40. The van der Waals surface area contributed by atoms with Crippen LogP contribution in [-0.4, -0.2) is 53.5 Å². The van der Waals surface area contributed by atoms with E-state index < -0.39 is 16.3 Å². The van der Waals surface area contributed by atoms with Crippen molar-refractivity contribution in [1.29, 1.82) is 0 Å². The molecule has 1 fully saturated rings. The first-order valence-corrected chi connectivity index (χ1v) is 11.2. The monoisotopic (exact) mass is 435 g/mol. The van der Waals surface area contributed by atoms with Gasteiger partial charge in [-0.15, -0.1) is 0 Å². The molecule has 2 heterocycles. The van der Waals surface area contributed by atoms with Gasteiger partial charge < -0.3 is 5.32 Å². The van der Waals surface area contributed by atoms with E-state index in [-0.39, 0.29) is 18.3 Å². The molecule has 2 aromatic rings. The number of hydrogen-bond donors (Lipinski definition) is 1. The van der Waals surface area contributed by atoms with Gasteiger partial charge in [0.2, 0.25) is 0 Å². The number of carbonyl (C=O) groups excluding carboxylic acids is 1. The van der Waals surface area contributed by atoms with Crippen LogP contribution in [0.4, 0.5) is 4.39 Å². The maximum atomic E-state index is 13.0. The molecule has 8 nitrogen and oxygen atoms in total. The number of amides is 1. The third kappa shape index (κ3) is 4.82. The Bertz CT molecular complexity index is 1010. The van der Waals surface area contributed by atoms with Crippen molar-refractivity contribution < 1.29 is 17.6 Å². The SMILES string of the molecule is Cc1nc([C@H]2CCCCN2S(=O)(=O)N(C)C)ncc1C(=O)NCc1ccc(F)cc1. The van der Waals surface area contributed by atoms with Crippen LogP contribution in [0.5, 0.6) is 0 Å². The standard InChI is InChI=1S/C20H26FN5O3S/c1-14-17(20(27)23-12-15-7-9-16(21)10-8-15)13-22-19(24-14)18-6-4-5-11-26(18)30(28,29)25(2)3/h7-10,13,18H,4-6,11-12H2,1-3H3,(H,23,27)/t18-/m1/s1. The molecule has 1 N–H and O–H groups in total. The van der Waals surface area contributed by atoms with Gasteiger partial charge in [-0.05, 0) is 37.5 Å². The smallest absolute Gasteiger partial charge is 0.282 e. The highest BCUT2D eigenvalue weighted by atomic mass is 32.2. The van der Waals surface area contributed by atoms with Crippen molar-refractivity contribution in [3.63, 3.8) is 0 Å². The van der Waals surface area contributed by atoms with Crippen LogP contribution in [0, 0.1) is 12.7 Å². The minimum absolute atomic E-state index is 0.248. The van der Waals surface area contributed by atoms with E-state index in [1.54, 1.807) is 19.1 Å². The highest BCUT2D eigenvalue weighted by molar-refractivity contribution is 7.86. The van der Waals surface area contributed by atoms with Crippen LogP contribution in [0.15, 0.2) is 30.5 Å². The number of hydrogen-bond acceptors (Lipinski definition) is 5. The Morgan fingerprint density at radius 1 is 1.27 bits per heavy atom. The Morgan fingerprint density at radius 2 is 1.97 bits per heavy atom. The van der Waals surface area contributed by atoms with Gasteiger partial charge in [-0.1, -0.05) is 18.6 Å². The summed E-state index contributed by atoms with van der Waals surface area (Å²) < 4.78 is 41.0. The summed E-state index contributed by atoms with van der Waals surface area (Å²) >= 11 is 0. The number of aryl methyl sites for hydroxylation is 1. The molecule has 10 heteroatoms. The minimum Gasteiger partial charge on any atom is -0.348 e. The minimum atomic E-state index is -3.60. The number of nitrogens with one attached hydrogen (secondary N) is 1. The lowest BCUT2D eigenvalue weighted by Crippen LogP contribution is -2.45. The van der Waals surface area contributed by atoms with Crippen LogP contribution in [0.25, 0.3) is 0 Å². The normalized spacial score (nSPS) is 17.8. The first kappa shape index (κ1) is 22.3. The van der Waals surface area contributed by atoms with Crippen molar-refractivity contribution in [2.24, 2.45) is 0 Å². The molecule has 1 aliphatic heterocycles. The zero-order valence-electron chi connectivity index (χ0n) is 17.3. The van der Waals surface area contributed by atoms with Gasteiger partial charge in [0.15, 0.2) is 0 Å². The second-order valence-corrected chi connectivity index (χ2v) is 9.54. The number of benzene rings is 1. The highest BCUT2D eigenvalue weighted by Crippen LogP contribution is 2.32. The van der Waals surface area contributed by atoms with E-state index in [0.29, 0.717) is 30.0 Å². The lowest BCUT2D eigenvalue weighted by Gasteiger charge is -2.35. The summed E-state index contributed by atoms with van der Waals surface area (Å²) in [5.74, 6) is -0.282. The Morgan fingerprint density at radius 3 is 2.60 bits per heavy atom. The summed E-state index contributed by atoms with van der Waals surface area (Å²) in [6.07, 6.45) is 3.73. The van der Waals surface area contributed by atoms with Gasteiger partial charge >= 0.3 is 0 Å². The average Bonchev–Trinajstić information content (AvgIpc) is 2.73. The molecule has 1 aliphatic rings. The maximum Gasteiger partial charge on any atom is 0.282 e. The summed E-state index contributed by atoms with van der Waals surface area (Å²) in [7, 11) is -0.595. The van der Waals surface area contributed by atoms with Crippen LogP contribution < -0.4 is 5.32 Å². The van der Waals surface area contributed by atoms with Gasteiger partial charge in [0.25, 0.3) is 16.1 Å². The molecule has 1 amide bonds. The second-order valence-electron chi connectivity index (χ2n) is 7.45. The lowest BCUT2D eigenvalue weighted by molar-refractivity contribution is 0.0949. The molecule has 30 heavy (non-hydrogen) atoms. The van der Waals surface area contributed by atoms with E-state index in [4.69, 9.17) is 0 Å². The van der Waals surface area contributed by atoms with E-state index in [0.717, 1.165) is 18.4 Å². The van der Waals surface area contributed by atoms with Gasteiger partial charge in [-0.25, -0.2) is 14.4 Å². The molecular formula is C20H26FN5O3S. The molecular weight excluding hydrogens is 409 g/mol. The summed E-state index contributed by atoms with van der Waals surface area (Å²) in [5.41, 5.74) is 1.56. The molecule has 162 valence electrons. The predicted molar refractivity (Wildman–Crippen MR) is 110 cm³/mol. The number of rotatable bonds is 6. The lowest BCUT2D eigenvalue weighted by atomic mass is 10.0. The molecule has 0 aliphatic carbocycles. The van der Waals surface area contributed by atoms with E-state index in [1.165, 1.54) is 41.0 Å². The number of halogens is 1. The van der Waals surface area contributed by atoms with Gasteiger partial charge in [0, 0.05) is 33.4 Å². The summed E-state index contributed by atoms with van der Waals surface area (Å²) in [5, 5.41) is 2.77. The maximum absolute atomic E-state index is 13.0. The van der Waals surface area contributed by atoms with Crippen LogP contribution >= 0.6 is 0 Å². The van der Waals surface area contributed by atoms with Gasteiger partial charge in [0.1, 0.15) is 11.6 Å². The first-order chi connectivity index (χ1) is 14.2.